The van der Waals surface area contributed by atoms with Gasteiger partial charge in [-0.05, 0) is 32.3 Å². The van der Waals surface area contributed by atoms with E-state index < -0.39 is 0 Å². The molecule has 3 heterocycles. The molecule has 1 aromatic carbocycles. The zero-order valence-corrected chi connectivity index (χ0v) is 12.9. The lowest BCUT2D eigenvalue weighted by Gasteiger charge is -2.28. The van der Waals surface area contributed by atoms with Crippen molar-refractivity contribution in [2.24, 2.45) is 0 Å². The summed E-state index contributed by atoms with van der Waals surface area (Å²) in [6, 6.07) is 8.51. The highest BCUT2D eigenvalue weighted by Gasteiger charge is 2.17. The number of fused-ring (bicyclic) bond motifs is 1. The molecule has 0 spiro atoms. The van der Waals surface area contributed by atoms with Crippen LogP contribution in [0.5, 0.6) is 0 Å². The Morgan fingerprint density at radius 3 is 2.77 bits per heavy atom. The summed E-state index contributed by atoms with van der Waals surface area (Å²) in [6.45, 7) is 4.29. The van der Waals surface area contributed by atoms with Crippen LogP contribution in [0.2, 0.25) is 0 Å². The smallest absolute Gasteiger partial charge is 0.155 e. The summed E-state index contributed by atoms with van der Waals surface area (Å²) < 4.78 is 2.09. The van der Waals surface area contributed by atoms with Crippen molar-refractivity contribution in [1.82, 2.24) is 14.4 Å². The van der Waals surface area contributed by atoms with Gasteiger partial charge in [-0.25, -0.2) is 9.97 Å². The molecule has 0 atom stereocenters. The van der Waals surface area contributed by atoms with Crippen LogP contribution in [0.3, 0.4) is 0 Å². The lowest BCUT2D eigenvalue weighted by Crippen LogP contribution is -2.30. The van der Waals surface area contributed by atoms with Crippen LogP contribution in [0.4, 0.5) is 5.82 Å². The van der Waals surface area contributed by atoms with Crippen molar-refractivity contribution in [2.75, 3.05) is 18.0 Å². The second-order valence-corrected chi connectivity index (χ2v) is 6.05. The maximum atomic E-state index is 4.97. The third-order valence-electron chi connectivity index (χ3n) is 4.35. The molecule has 1 aliphatic rings. The average molecular weight is 292 g/mol. The van der Waals surface area contributed by atoms with Crippen molar-refractivity contribution in [3.8, 4) is 11.3 Å². The molecule has 0 unspecified atom stereocenters. The van der Waals surface area contributed by atoms with E-state index in [1.807, 2.05) is 12.5 Å². The second-order valence-electron chi connectivity index (χ2n) is 6.05. The molecular formula is C18H20N4. The molecule has 0 aliphatic carbocycles. The highest BCUT2D eigenvalue weighted by molar-refractivity contribution is 5.73. The Balaban J connectivity index is 1.86. The zero-order chi connectivity index (χ0) is 14.9. The van der Waals surface area contributed by atoms with Crippen molar-refractivity contribution < 1.29 is 0 Å². The highest BCUT2D eigenvalue weighted by atomic mass is 15.2. The summed E-state index contributed by atoms with van der Waals surface area (Å²) in [7, 11) is 0. The van der Waals surface area contributed by atoms with E-state index in [0.29, 0.717) is 0 Å². The number of piperidine rings is 1. The predicted molar refractivity (Wildman–Crippen MR) is 89.2 cm³/mol. The number of anilines is 1. The predicted octanol–water partition coefficient (Wildman–Crippen LogP) is 3.70. The minimum atomic E-state index is 1.01. The van der Waals surface area contributed by atoms with Crippen LogP contribution in [0.25, 0.3) is 16.8 Å². The summed E-state index contributed by atoms with van der Waals surface area (Å²) in [4.78, 5) is 11.7. The maximum absolute atomic E-state index is 4.97. The Hall–Kier alpha value is -2.36. The zero-order valence-electron chi connectivity index (χ0n) is 12.9. The topological polar surface area (TPSA) is 33.4 Å². The molecule has 4 nitrogen and oxygen atoms in total. The van der Waals surface area contributed by atoms with E-state index in [1.165, 1.54) is 24.8 Å². The molecule has 3 aromatic rings. The van der Waals surface area contributed by atoms with E-state index in [-0.39, 0.29) is 0 Å². The van der Waals surface area contributed by atoms with Gasteiger partial charge in [0.2, 0.25) is 0 Å². The van der Waals surface area contributed by atoms with Crippen LogP contribution < -0.4 is 4.90 Å². The monoisotopic (exact) mass is 292 g/mol. The third-order valence-corrected chi connectivity index (χ3v) is 4.35. The molecule has 0 amide bonds. The van der Waals surface area contributed by atoms with Gasteiger partial charge in [0.25, 0.3) is 0 Å². The molecule has 0 saturated carbocycles. The number of hydrogen-bond acceptors (Lipinski definition) is 3. The first-order valence-electron chi connectivity index (χ1n) is 7.96. The summed E-state index contributed by atoms with van der Waals surface area (Å²) in [5, 5.41) is 0. The number of nitrogens with zero attached hydrogens (tertiary/aromatic N) is 4. The van der Waals surface area contributed by atoms with Crippen molar-refractivity contribution in [1.29, 1.82) is 0 Å². The number of aryl methyl sites for hydroxylation is 1. The average Bonchev–Trinajstić information content (AvgIpc) is 3.03. The fraction of sp³-hybridized carbons (Fsp3) is 0.333. The Morgan fingerprint density at radius 2 is 1.95 bits per heavy atom. The molecule has 1 fully saturated rings. The van der Waals surface area contributed by atoms with Crippen LogP contribution in [-0.2, 0) is 0 Å². The number of aromatic nitrogens is 3. The van der Waals surface area contributed by atoms with Gasteiger partial charge in [-0.2, -0.15) is 0 Å². The Labute approximate surface area is 130 Å². The highest BCUT2D eigenvalue weighted by Crippen LogP contribution is 2.27. The summed E-state index contributed by atoms with van der Waals surface area (Å²) in [5.74, 6) is 1.07. The molecule has 4 rings (SSSR count). The number of hydrogen-bond donors (Lipinski definition) is 0. The van der Waals surface area contributed by atoms with Gasteiger partial charge in [0, 0.05) is 24.8 Å². The first-order valence-corrected chi connectivity index (χ1v) is 7.96. The Morgan fingerprint density at radius 1 is 1.09 bits per heavy atom. The van der Waals surface area contributed by atoms with Crippen LogP contribution in [0.1, 0.15) is 24.8 Å². The lowest BCUT2D eigenvalue weighted by atomic mass is 10.1. The summed E-state index contributed by atoms with van der Waals surface area (Å²) in [6.07, 6.45) is 9.67. The standard InChI is InChI=1S/C18H20N4/c1-14-6-5-7-15(10-14)16-12-22-13-19-11-17(22)18(20-16)21-8-3-2-4-9-21/h5-7,10-13H,2-4,8-9H2,1H3. The van der Waals surface area contributed by atoms with Crippen molar-refractivity contribution in [3.05, 3.63) is 48.5 Å². The first-order chi connectivity index (χ1) is 10.8. The fourth-order valence-corrected chi connectivity index (χ4v) is 3.19. The number of benzene rings is 1. The molecular weight excluding hydrogens is 272 g/mol. The molecule has 1 aliphatic heterocycles. The van der Waals surface area contributed by atoms with Gasteiger partial charge in [0.15, 0.2) is 5.82 Å². The van der Waals surface area contributed by atoms with Crippen LogP contribution in [0.15, 0.2) is 43.0 Å². The van der Waals surface area contributed by atoms with Gasteiger partial charge < -0.3 is 9.30 Å². The maximum Gasteiger partial charge on any atom is 0.155 e. The van der Waals surface area contributed by atoms with E-state index >= 15 is 0 Å². The Bertz CT molecular complexity index is 800. The van der Waals surface area contributed by atoms with Crippen LogP contribution >= 0.6 is 0 Å². The minimum absolute atomic E-state index is 1.01. The van der Waals surface area contributed by atoms with E-state index in [4.69, 9.17) is 4.98 Å². The second kappa shape index (κ2) is 5.44. The molecule has 0 bridgehead atoms. The molecule has 0 N–H and O–H groups in total. The molecule has 2 aromatic heterocycles. The minimum Gasteiger partial charge on any atom is -0.355 e. The lowest BCUT2D eigenvalue weighted by molar-refractivity contribution is 0.574. The third kappa shape index (κ3) is 2.34. The normalized spacial score (nSPS) is 15.4. The SMILES string of the molecule is Cc1cccc(-c2cn3cncc3c(N3CCCCC3)n2)c1. The molecule has 4 heteroatoms. The van der Waals surface area contributed by atoms with Gasteiger partial charge in [0.1, 0.15) is 5.52 Å². The molecule has 112 valence electrons. The van der Waals surface area contributed by atoms with Crippen molar-refractivity contribution >= 4 is 11.3 Å². The van der Waals surface area contributed by atoms with E-state index in [2.05, 4.69) is 51.7 Å². The van der Waals surface area contributed by atoms with Crippen molar-refractivity contribution in [3.63, 3.8) is 0 Å². The van der Waals surface area contributed by atoms with E-state index in [0.717, 1.165) is 35.7 Å². The van der Waals surface area contributed by atoms with E-state index in [1.54, 1.807) is 0 Å². The van der Waals surface area contributed by atoms with Gasteiger partial charge in [0.05, 0.1) is 18.2 Å². The molecule has 1 saturated heterocycles. The van der Waals surface area contributed by atoms with E-state index in [9.17, 15) is 0 Å². The van der Waals surface area contributed by atoms with Crippen LogP contribution in [0, 0.1) is 6.92 Å². The molecule has 22 heavy (non-hydrogen) atoms. The first kappa shape index (κ1) is 13.3. The number of rotatable bonds is 2. The van der Waals surface area contributed by atoms with Gasteiger partial charge in [-0.1, -0.05) is 23.8 Å². The largest absolute Gasteiger partial charge is 0.355 e. The van der Waals surface area contributed by atoms with Crippen LogP contribution in [-0.4, -0.2) is 27.5 Å². The van der Waals surface area contributed by atoms with Gasteiger partial charge in [-0.3, -0.25) is 0 Å². The quantitative estimate of drug-likeness (QED) is 0.722. The van der Waals surface area contributed by atoms with Gasteiger partial charge >= 0.3 is 0 Å². The Kier molecular flexibility index (Phi) is 3.29. The summed E-state index contributed by atoms with van der Waals surface area (Å²) in [5.41, 5.74) is 4.52. The fourth-order valence-electron chi connectivity index (χ4n) is 3.19. The number of imidazole rings is 1. The van der Waals surface area contributed by atoms with Gasteiger partial charge in [-0.15, -0.1) is 0 Å². The summed E-state index contributed by atoms with van der Waals surface area (Å²) >= 11 is 0. The molecule has 0 radical (unpaired) electrons. The van der Waals surface area contributed by atoms with Crippen molar-refractivity contribution in [2.45, 2.75) is 26.2 Å².